The highest BCUT2D eigenvalue weighted by Crippen LogP contribution is 2.22. The number of alkyl carbamates (subject to hydrolysis) is 2. The van der Waals surface area contributed by atoms with Crippen LogP contribution in [0.1, 0.15) is 23.6 Å². The highest BCUT2D eigenvalue weighted by atomic mass is 32.2. The highest BCUT2D eigenvalue weighted by molar-refractivity contribution is 7.86. The van der Waals surface area contributed by atoms with Crippen molar-refractivity contribution < 1.29 is 44.3 Å². The van der Waals surface area contributed by atoms with Crippen LogP contribution in [0.25, 0.3) is 0 Å². The van der Waals surface area contributed by atoms with Gasteiger partial charge < -0.3 is 20.1 Å². The number of carbonyl (C=O) groups excluding carboxylic acids is 2. The second kappa shape index (κ2) is 14.5. The minimum atomic E-state index is -3.98. The molecule has 12 nitrogen and oxygen atoms in total. The average molecular weight is 535 g/mol. The van der Waals surface area contributed by atoms with Crippen LogP contribution in [-0.4, -0.2) is 67.5 Å². The largest absolute Gasteiger partial charge is 0.445 e. The maximum atomic E-state index is 12.2. The maximum Gasteiger partial charge on any atom is 0.407 e. The topological polar surface area (TPSA) is 163 Å². The van der Waals surface area contributed by atoms with E-state index in [-0.39, 0.29) is 26.2 Å². The first kappa shape index (κ1) is 30.1. The van der Waals surface area contributed by atoms with Gasteiger partial charge in [-0.15, -0.1) is 0 Å². The average Bonchev–Trinajstić information content (AvgIpc) is 2.77. The van der Waals surface area contributed by atoms with E-state index in [1.807, 2.05) is 0 Å². The lowest BCUT2D eigenvalue weighted by molar-refractivity contribution is 0.115. The fourth-order valence-corrected chi connectivity index (χ4v) is 3.70. The number of carbonyl (C=O) groups is 2. The Morgan fingerprint density at radius 3 is 2.03 bits per heavy atom. The molecule has 0 unspecified atom stereocenters. The third-order valence-corrected chi connectivity index (χ3v) is 5.24. The SMILES string of the molecule is C=CCOC(=O)NCc1ccc([C@@H](C[C@H](COS(C)(=O)=O)OS(C)(=O)=O)NC(=O)OCC=C)cc1. The molecule has 2 N–H and O–H groups in total. The number of nitrogens with one attached hydrogen (secondary N) is 2. The van der Waals surface area contributed by atoms with E-state index < -0.39 is 51.2 Å². The molecule has 0 fully saturated rings. The van der Waals surface area contributed by atoms with E-state index in [1.165, 1.54) is 12.2 Å². The Kier molecular flexibility index (Phi) is 12.4. The summed E-state index contributed by atoms with van der Waals surface area (Å²) < 4.78 is 65.6. The predicted molar refractivity (Wildman–Crippen MR) is 127 cm³/mol. The summed E-state index contributed by atoms with van der Waals surface area (Å²) >= 11 is 0. The van der Waals surface area contributed by atoms with E-state index in [0.29, 0.717) is 11.1 Å². The van der Waals surface area contributed by atoms with Crippen LogP contribution in [0.2, 0.25) is 0 Å². The van der Waals surface area contributed by atoms with E-state index >= 15 is 0 Å². The molecule has 0 aromatic heterocycles. The second-order valence-corrected chi connectivity index (χ2v) is 10.5. The van der Waals surface area contributed by atoms with Gasteiger partial charge in [0.25, 0.3) is 20.2 Å². The van der Waals surface area contributed by atoms with Gasteiger partial charge in [0, 0.05) is 13.0 Å². The Bertz CT molecular complexity index is 1070. The minimum absolute atomic E-state index is 0.0639. The number of hydrogen-bond acceptors (Lipinski definition) is 10. The number of benzene rings is 1. The van der Waals surface area contributed by atoms with E-state index in [0.717, 1.165) is 12.5 Å². The molecule has 2 atom stereocenters. The molecule has 2 amide bonds. The first-order valence-electron chi connectivity index (χ1n) is 10.2. The van der Waals surface area contributed by atoms with Crippen molar-refractivity contribution in [1.82, 2.24) is 10.6 Å². The molecule has 14 heteroatoms. The molecule has 35 heavy (non-hydrogen) atoms. The van der Waals surface area contributed by atoms with Gasteiger partial charge in [-0.3, -0.25) is 8.37 Å². The van der Waals surface area contributed by atoms with Crippen molar-refractivity contribution in [2.45, 2.75) is 25.1 Å². The van der Waals surface area contributed by atoms with Gasteiger partial charge in [-0.05, 0) is 11.1 Å². The Morgan fingerprint density at radius 2 is 1.51 bits per heavy atom. The summed E-state index contributed by atoms with van der Waals surface area (Å²) in [7, 11) is -7.86. The summed E-state index contributed by atoms with van der Waals surface area (Å²) in [5.74, 6) is 0. The number of rotatable bonds is 15. The second-order valence-electron chi connectivity index (χ2n) is 7.21. The summed E-state index contributed by atoms with van der Waals surface area (Å²) in [5, 5.41) is 5.14. The number of hydrogen-bond donors (Lipinski definition) is 2. The van der Waals surface area contributed by atoms with Gasteiger partial charge in [-0.25, -0.2) is 9.59 Å². The molecular weight excluding hydrogens is 504 g/mol. The Morgan fingerprint density at radius 1 is 0.943 bits per heavy atom. The molecule has 0 saturated heterocycles. The molecule has 0 radical (unpaired) electrons. The van der Waals surface area contributed by atoms with Crippen molar-refractivity contribution in [2.24, 2.45) is 0 Å². The van der Waals surface area contributed by atoms with Crippen molar-refractivity contribution in [1.29, 1.82) is 0 Å². The zero-order valence-electron chi connectivity index (χ0n) is 19.5. The van der Waals surface area contributed by atoms with Crippen LogP contribution < -0.4 is 10.6 Å². The van der Waals surface area contributed by atoms with E-state index in [2.05, 4.69) is 23.8 Å². The zero-order valence-corrected chi connectivity index (χ0v) is 21.1. The van der Waals surface area contributed by atoms with Crippen molar-refractivity contribution >= 4 is 32.4 Å². The number of ether oxygens (including phenoxy) is 2. The summed E-state index contributed by atoms with van der Waals surface area (Å²) in [5.41, 5.74) is 1.24. The van der Waals surface area contributed by atoms with Gasteiger partial charge in [0.2, 0.25) is 0 Å². The molecule has 1 rings (SSSR count). The first-order valence-corrected chi connectivity index (χ1v) is 13.8. The predicted octanol–water partition coefficient (Wildman–Crippen LogP) is 1.76. The molecule has 1 aromatic rings. The summed E-state index contributed by atoms with van der Waals surface area (Å²) in [4.78, 5) is 23.7. The summed E-state index contributed by atoms with van der Waals surface area (Å²) in [6.45, 7) is 6.48. The van der Waals surface area contributed by atoms with E-state index in [9.17, 15) is 26.4 Å². The van der Waals surface area contributed by atoms with E-state index in [1.54, 1.807) is 24.3 Å². The normalized spacial score (nSPS) is 13.2. The van der Waals surface area contributed by atoms with E-state index in [4.69, 9.17) is 17.8 Å². The quantitative estimate of drug-likeness (QED) is 0.250. The van der Waals surface area contributed by atoms with Crippen LogP contribution in [0.5, 0.6) is 0 Å². The summed E-state index contributed by atoms with van der Waals surface area (Å²) in [6, 6.07) is 5.78. The molecule has 1 aromatic carbocycles. The van der Waals surface area contributed by atoms with Crippen LogP contribution in [0, 0.1) is 0 Å². The van der Waals surface area contributed by atoms with Crippen LogP contribution in [0.3, 0.4) is 0 Å². The lowest BCUT2D eigenvalue weighted by Gasteiger charge is -2.24. The fourth-order valence-electron chi connectivity index (χ4n) is 2.67. The standard InChI is InChI=1S/C21H30N2O10S2/c1-5-11-30-20(24)22-14-16-7-9-17(10-8-16)19(23-21(25)31-12-6-2)13-18(33-35(4,28)29)15-32-34(3,26)27/h5-10,18-19H,1-2,11-15H2,3-4H3,(H,22,24)(H,23,25)/t18-,19-/m1/s1. The molecule has 0 heterocycles. The third-order valence-electron chi connectivity index (χ3n) is 4.05. The Labute approximate surface area is 205 Å². The molecule has 0 spiro atoms. The van der Waals surface area contributed by atoms with Crippen molar-refractivity contribution in [3.63, 3.8) is 0 Å². The Hall–Kier alpha value is -2.94. The molecule has 0 saturated carbocycles. The molecule has 196 valence electrons. The Balaban J connectivity index is 3.06. The highest BCUT2D eigenvalue weighted by Gasteiger charge is 2.25. The van der Waals surface area contributed by atoms with Crippen LogP contribution in [0.4, 0.5) is 9.59 Å². The van der Waals surface area contributed by atoms with Crippen LogP contribution in [0.15, 0.2) is 49.6 Å². The third kappa shape index (κ3) is 14.1. The lowest BCUT2D eigenvalue weighted by atomic mass is 9.99. The lowest BCUT2D eigenvalue weighted by Crippen LogP contribution is -2.35. The molecule has 0 bridgehead atoms. The first-order chi connectivity index (χ1) is 16.3. The van der Waals surface area contributed by atoms with Gasteiger partial charge in [-0.1, -0.05) is 49.6 Å². The van der Waals surface area contributed by atoms with Gasteiger partial charge in [0.05, 0.1) is 25.2 Å². The maximum absolute atomic E-state index is 12.2. The molecule has 0 aliphatic heterocycles. The van der Waals surface area contributed by atoms with Crippen molar-refractivity contribution in [3.05, 3.63) is 60.7 Å². The van der Waals surface area contributed by atoms with Crippen molar-refractivity contribution in [3.8, 4) is 0 Å². The van der Waals surface area contributed by atoms with Gasteiger partial charge >= 0.3 is 12.2 Å². The van der Waals surface area contributed by atoms with Gasteiger partial charge in [0.15, 0.2) is 0 Å². The van der Waals surface area contributed by atoms with Crippen LogP contribution in [-0.2, 0) is 44.6 Å². The van der Waals surface area contributed by atoms with Gasteiger partial charge in [-0.2, -0.15) is 16.8 Å². The summed E-state index contributed by atoms with van der Waals surface area (Å²) in [6.07, 6.45) is 1.57. The minimum Gasteiger partial charge on any atom is -0.445 e. The van der Waals surface area contributed by atoms with Gasteiger partial charge in [0.1, 0.15) is 19.3 Å². The monoisotopic (exact) mass is 534 g/mol. The zero-order chi connectivity index (χ0) is 26.5. The smallest absolute Gasteiger partial charge is 0.407 e. The van der Waals surface area contributed by atoms with Crippen LogP contribution >= 0.6 is 0 Å². The molecular formula is C21H30N2O10S2. The molecule has 0 aliphatic carbocycles. The fraction of sp³-hybridized carbons (Fsp3) is 0.429. The molecule has 0 aliphatic rings. The number of amides is 2. The van der Waals surface area contributed by atoms with Crippen molar-refractivity contribution in [2.75, 3.05) is 32.3 Å².